The first kappa shape index (κ1) is 33.8. The van der Waals surface area contributed by atoms with Crippen LogP contribution in [0.4, 0.5) is 0 Å². The monoisotopic (exact) mass is 627 g/mol. The van der Waals surface area contributed by atoms with E-state index >= 15 is 0 Å². The van der Waals surface area contributed by atoms with Crippen LogP contribution in [0.5, 0.6) is 0 Å². The number of nitrogens with one attached hydrogen (secondary N) is 1. The number of aromatic nitrogens is 4. The van der Waals surface area contributed by atoms with E-state index in [1.165, 1.54) is 0 Å². The molecule has 11 nitrogen and oxygen atoms in total. The molecule has 2 atom stereocenters. The van der Waals surface area contributed by atoms with Crippen molar-refractivity contribution < 1.29 is 29.3 Å². The third-order valence-electron chi connectivity index (χ3n) is 10.4. The number of rotatable bonds is 8. The molecule has 3 N–H and O–H groups in total. The van der Waals surface area contributed by atoms with Crippen LogP contribution in [0.3, 0.4) is 0 Å². The molecule has 0 saturated carbocycles. The number of aryl methyl sites for hydroxylation is 2. The zero-order chi connectivity index (χ0) is 32.2. The molecule has 11 heteroatoms. The molecule has 0 unspecified atom stereocenters. The van der Waals surface area contributed by atoms with Gasteiger partial charge in [-0.15, -0.1) is 0 Å². The lowest BCUT2D eigenvalue weighted by Gasteiger charge is -2.39. The Labute approximate surface area is 267 Å². The summed E-state index contributed by atoms with van der Waals surface area (Å²) in [5.41, 5.74) is 5.69. The van der Waals surface area contributed by atoms with Crippen LogP contribution in [0, 0.1) is 22.7 Å². The molecule has 6 rings (SSSR count). The minimum atomic E-state index is 0.00289. The van der Waals surface area contributed by atoms with Gasteiger partial charge in [0.25, 0.3) is 5.91 Å². The summed E-state index contributed by atoms with van der Waals surface area (Å²) in [4.78, 5) is 25.4. The van der Waals surface area contributed by atoms with Gasteiger partial charge in [0.05, 0.1) is 33.9 Å². The molecule has 5 heterocycles. The van der Waals surface area contributed by atoms with Crippen LogP contribution in [0.1, 0.15) is 103 Å². The minimum absolute atomic E-state index is 0.00289. The van der Waals surface area contributed by atoms with Gasteiger partial charge in [-0.25, -0.2) is 0 Å². The average molecular weight is 628 g/mol. The van der Waals surface area contributed by atoms with Crippen molar-refractivity contribution in [2.75, 3.05) is 46.2 Å². The minimum Gasteiger partial charge on any atom is -0.396 e. The lowest BCUT2D eigenvalue weighted by Crippen LogP contribution is -2.40. The van der Waals surface area contributed by atoms with Gasteiger partial charge in [0, 0.05) is 65.7 Å². The van der Waals surface area contributed by atoms with Gasteiger partial charge < -0.3 is 25.0 Å². The molecular formula is C34H53N5O6. The van der Waals surface area contributed by atoms with Crippen LogP contribution in [-0.2, 0) is 48.2 Å². The molecule has 250 valence electrons. The summed E-state index contributed by atoms with van der Waals surface area (Å²) in [6, 6.07) is 0. The van der Waals surface area contributed by atoms with Crippen LogP contribution < -0.4 is 5.32 Å². The van der Waals surface area contributed by atoms with E-state index < -0.39 is 0 Å². The van der Waals surface area contributed by atoms with Crippen LogP contribution in [0.15, 0.2) is 0 Å². The molecule has 0 radical (unpaired) electrons. The average Bonchev–Trinajstić information content (AvgIpc) is 3.53. The fourth-order valence-corrected chi connectivity index (χ4v) is 7.49. The molecule has 0 bridgehead atoms. The molecule has 1 amide bonds. The number of aliphatic hydroxyl groups excluding tert-OH is 2. The maximum absolute atomic E-state index is 12.8. The largest absolute Gasteiger partial charge is 0.396 e. The molecule has 2 aromatic heterocycles. The highest BCUT2D eigenvalue weighted by Gasteiger charge is 2.43. The Morgan fingerprint density at radius 2 is 1.22 bits per heavy atom. The summed E-state index contributed by atoms with van der Waals surface area (Å²) in [5, 5.41) is 31.2. The van der Waals surface area contributed by atoms with Crippen molar-refractivity contribution in [2.24, 2.45) is 22.7 Å². The predicted octanol–water partition coefficient (Wildman–Crippen LogP) is 3.16. The summed E-state index contributed by atoms with van der Waals surface area (Å²) in [5.74, 6) is 0.531. The maximum Gasteiger partial charge on any atom is 0.255 e. The standard InChI is InChI=1S/C17H27N3O3.C17H26N2O3/c1-3-13-15-14(20(19-13)9-12(2)10-21)8-17(11-18-16(15)22)4-6-23-7-5-17;1-3-13-16-14(19(18-13)10-12(2)11-20)8-17(9-15(16)21)4-6-22-7-5-17/h12,21H,3-11H2,1-2H3,(H,18,22);12,20H,3-11H2,1-2H3/t2*12-/m11/s1. The highest BCUT2D eigenvalue weighted by molar-refractivity contribution is 6.00. The highest BCUT2D eigenvalue weighted by Crippen LogP contribution is 2.44. The van der Waals surface area contributed by atoms with Gasteiger partial charge in [0.1, 0.15) is 0 Å². The SMILES string of the molecule is CCc1nn(C[C@@H](C)CO)c2c1C(=O)CC1(CCOCC1)C2.CCc1nn(C[C@@H](C)CO)c2c1C(=O)NCC1(CCOCC1)C2. The second kappa shape index (κ2) is 14.4. The van der Waals surface area contributed by atoms with Gasteiger partial charge in [0.2, 0.25) is 0 Å². The predicted molar refractivity (Wildman–Crippen MR) is 169 cm³/mol. The molecule has 3 aliphatic heterocycles. The molecular weight excluding hydrogens is 574 g/mol. The Bertz CT molecular complexity index is 1340. The topological polar surface area (TPSA) is 141 Å². The highest BCUT2D eigenvalue weighted by atomic mass is 16.5. The number of ketones is 1. The van der Waals surface area contributed by atoms with Crippen LogP contribution in [0.25, 0.3) is 0 Å². The zero-order valence-corrected chi connectivity index (χ0v) is 27.7. The van der Waals surface area contributed by atoms with Gasteiger partial charge in [-0.05, 0) is 74.0 Å². The molecule has 2 aromatic rings. The number of aliphatic hydroxyl groups is 2. The summed E-state index contributed by atoms with van der Waals surface area (Å²) < 4.78 is 15.0. The second-order valence-corrected chi connectivity index (χ2v) is 14.0. The third-order valence-corrected chi connectivity index (χ3v) is 10.4. The number of hydrogen-bond acceptors (Lipinski definition) is 8. The fourth-order valence-electron chi connectivity index (χ4n) is 7.49. The Morgan fingerprint density at radius 1 is 0.756 bits per heavy atom. The number of carbonyl (C=O) groups is 2. The van der Waals surface area contributed by atoms with E-state index in [0.29, 0.717) is 26.1 Å². The Morgan fingerprint density at radius 3 is 1.73 bits per heavy atom. The maximum atomic E-state index is 12.8. The van der Waals surface area contributed by atoms with Crippen molar-refractivity contribution in [3.8, 4) is 0 Å². The Balaban J connectivity index is 0.000000178. The number of Topliss-reactive ketones (excluding diaryl/α,β-unsaturated/α-hetero) is 1. The van der Waals surface area contributed by atoms with Crippen LogP contribution in [0.2, 0.25) is 0 Å². The lowest BCUT2D eigenvalue weighted by atomic mass is 9.68. The van der Waals surface area contributed by atoms with Crippen molar-refractivity contribution in [3.63, 3.8) is 0 Å². The number of fused-ring (bicyclic) bond motifs is 2. The van der Waals surface area contributed by atoms with Gasteiger partial charge in [-0.2, -0.15) is 10.2 Å². The van der Waals surface area contributed by atoms with Crippen molar-refractivity contribution >= 4 is 11.7 Å². The molecule has 2 fully saturated rings. The summed E-state index contributed by atoms with van der Waals surface area (Å²) in [6.45, 7) is 13.4. The van der Waals surface area contributed by atoms with E-state index in [0.717, 1.165) is 112 Å². The fraction of sp³-hybridized carbons (Fsp3) is 0.765. The number of amides is 1. The number of hydrogen-bond donors (Lipinski definition) is 3. The lowest BCUT2D eigenvalue weighted by molar-refractivity contribution is 0.00816. The molecule has 45 heavy (non-hydrogen) atoms. The summed E-state index contributed by atoms with van der Waals surface area (Å²) in [6.07, 6.45) is 7.79. The van der Waals surface area contributed by atoms with E-state index in [1.54, 1.807) is 0 Å². The molecule has 1 aliphatic carbocycles. The second-order valence-electron chi connectivity index (χ2n) is 14.0. The van der Waals surface area contributed by atoms with Crippen molar-refractivity contribution in [3.05, 3.63) is 33.9 Å². The normalized spacial score (nSPS) is 21.7. The third kappa shape index (κ3) is 7.21. The molecule has 0 aromatic carbocycles. The first-order valence-corrected chi connectivity index (χ1v) is 17.0. The quantitative estimate of drug-likeness (QED) is 0.406. The number of nitrogens with zero attached hydrogens (tertiary/aromatic N) is 4. The number of carbonyl (C=O) groups excluding carboxylic acids is 2. The van der Waals surface area contributed by atoms with Gasteiger partial charge >= 0.3 is 0 Å². The van der Waals surface area contributed by atoms with E-state index in [-0.39, 0.29) is 47.6 Å². The first-order valence-electron chi connectivity index (χ1n) is 17.0. The van der Waals surface area contributed by atoms with E-state index in [1.807, 2.05) is 30.1 Å². The van der Waals surface area contributed by atoms with Gasteiger partial charge in [-0.1, -0.05) is 27.7 Å². The summed E-state index contributed by atoms with van der Waals surface area (Å²) >= 11 is 0. The van der Waals surface area contributed by atoms with Crippen LogP contribution >= 0.6 is 0 Å². The van der Waals surface area contributed by atoms with E-state index in [9.17, 15) is 19.8 Å². The Kier molecular flexibility index (Phi) is 10.8. The summed E-state index contributed by atoms with van der Waals surface area (Å²) in [7, 11) is 0. The van der Waals surface area contributed by atoms with E-state index in [2.05, 4.69) is 22.4 Å². The van der Waals surface area contributed by atoms with E-state index in [4.69, 9.17) is 9.47 Å². The molecule has 2 saturated heterocycles. The van der Waals surface area contributed by atoms with Crippen molar-refractivity contribution in [1.82, 2.24) is 24.9 Å². The first-order chi connectivity index (χ1) is 21.7. The molecule has 2 spiro atoms. The van der Waals surface area contributed by atoms with Crippen molar-refractivity contribution in [1.29, 1.82) is 0 Å². The smallest absolute Gasteiger partial charge is 0.255 e. The van der Waals surface area contributed by atoms with Gasteiger partial charge in [0.15, 0.2) is 5.78 Å². The van der Waals surface area contributed by atoms with Crippen molar-refractivity contribution in [2.45, 2.75) is 98.6 Å². The zero-order valence-electron chi connectivity index (χ0n) is 27.7. The van der Waals surface area contributed by atoms with Gasteiger partial charge in [-0.3, -0.25) is 19.0 Å². The Hall–Kier alpha value is -2.60. The molecule has 4 aliphatic rings. The van der Waals surface area contributed by atoms with Crippen LogP contribution in [-0.4, -0.2) is 87.7 Å². The number of ether oxygens (including phenoxy) is 2.